The monoisotopic (exact) mass is 404 g/mol. The van der Waals surface area contributed by atoms with E-state index in [2.05, 4.69) is 0 Å². The van der Waals surface area contributed by atoms with Crippen molar-refractivity contribution in [3.63, 3.8) is 0 Å². The molecule has 2 aliphatic rings. The summed E-state index contributed by atoms with van der Waals surface area (Å²) in [6.07, 6.45) is 0. The van der Waals surface area contributed by atoms with Crippen molar-refractivity contribution in [1.82, 2.24) is 0 Å². The van der Waals surface area contributed by atoms with Gasteiger partial charge < -0.3 is 9.47 Å². The lowest BCUT2D eigenvalue weighted by Gasteiger charge is -2.39. The minimum absolute atomic E-state index is 0.154. The Morgan fingerprint density at radius 2 is 1.03 bits per heavy atom. The summed E-state index contributed by atoms with van der Waals surface area (Å²) in [4.78, 5) is 39.9. The van der Waals surface area contributed by atoms with Gasteiger partial charge in [0.15, 0.2) is 5.78 Å². The van der Waals surface area contributed by atoms with Crippen LogP contribution in [0.3, 0.4) is 0 Å². The number of fused-ring (bicyclic) bond motifs is 2. The highest BCUT2D eigenvalue weighted by molar-refractivity contribution is 6.26. The van der Waals surface area contributed by atoms with Gasteiger partial charge in [0.25, 0.3) is 0 Å². The summed E-state index contributed by atoms with van der Waals surface area (Å²) < 4.78 is 10.1. The van der Waals surface area contributed by atoms with Crippen molar-refractivity contribution in [3.8, 4) is 0 Å². The third kappa shape index (κ3) is 2.38. The largest absolute Gasteiger partial charge is 0.469 e. The van der Waals surface area contributed by atoms with Gasteiger partial charge in [-0.05, 0) is 36.1 Å². The first-order chi connectivity index (χ1) is 14.3. The van der Waals surface area contributed by atoms with Gasteiger partial charge in [-0.25, -0.2) is 0 Å². The van der Waals surface area contributed by atoms with Crippen LogP contribution < -0.4 is 0 Å². The molecule has 4 rings (SSSR count). The zero-order valence-corrected chi connectivity index (χ0v) is 17.5. The molecule has 2 aromatic carbocycles. The molecular formula is C25H24O5. The van der Waals surface area contributed by atoms with Gasteiger partial charge in [0.05, 0.1) is 36.9 Å². The molecule has 2 aliphatic carbocycles. The smallest absolute Gasteiger partial charge is 0.310 e. The first-order valence-corrected chi connectivity index (χ1v) is 9.90. The number of rotatable bonds is 4. The zero-order chi connectivity index (χ0) is 21.7. The summed E-state index contributed by atoms with van der Waals surface area (Å²) in [6.45, 7) is 3.52. The Kier molecular flexibility index (Phi) is 4.64. The number of ether oxygens (including phenoxy) is 2. The van der Waals surface area contributed by atoms with Gasteiger partial charge in [0.1, 0.15) is 0 Å². The van der Waals surface area contributed by atoms with Crippen molar-refractivity contribution in [2.45, 2.75) is 13.8 Å². The predicted molar refractivity (Wildman–Crippen MR) is 112 cm³/mol. The van der Waals surface area contributed by atoms with Crippen LogP contribution in [0.25, 0.3) is 11.1 Å². The third-order valence-corrected chi connectivity index (χ3v) is 6.84. The van der Waals surface area contributed by atoms with Crippen molar-refractivity contribution in [2.75, 3.05) is 14.2 Å². The Morgan fingerprint density at radius 3 is 1.33 bits per heavy atom. The Labute approximate surface area is 175 Å². The van der Waals surface area contributed by atoms with Gasteiger partial charge in [0.2, 0.25) is 0 Å². The number of carbonyl (C=O) groups is 3. The number of allylic oxidation sites excluding steroid dienone is 2. The van der Waals surface area contributed by atoms with E-state index in [0.717, 1.165) is 22.3 Å². The molecule has 0 aliphatic heterocycles. The number of hydrogen-bond donors (Lipinski definition) is 0. The Morgan fingerprint density at radius 1 is 0.700 bits per heavy atom. The number of methoxy groups -OCH3 is 2. The Hall–Kier alpha value is -3.21. The molecule has 5 nitrogen and oxygen atoms in total. The summed E-state index contributed by atoms with van der Waals surface area (Å²) in [5.41, 5.74) is 0.830. The van der Waals surface area contributed by atoms with Gasteiger partial charge >= 0.3 is 11.9 Å². The number of ketones is 1. The number of benzene rings is 2. The van der Waals surface area contributed by atoms with E-state index < -0.39 is 34.6 Å². The number of Topliss-reactive ketones (excluding diaryl/α,β-unsaturated/α-hetero) is 1. The first kappa shape index (κ1) is 20.1. The van der Waals surface area contributed by atoms with Gasteiger partial charge in [-0.1, -0.05) is 60.7 Å². The number of hydrogen-bond acceptors (Lipinski definition) is 5. The van der Waals surface area contributed by atoms with E-state index in [4.69, 9.17) is 9.47 Å². The molecular weight excluding hydrogens is 380 g/mol. The molecule has 0 heterocycles. The SMILES string of the molecule is COC(=O)[C@H]1[C@H](C(=O)OC)[C@@]2(C)C(=O)[C@@]1(C)C(c1ccccc1)=C2c1ccccc1. The van der Waals surface area contributed by atoms with E-state index in [-0.39, 0.29) is 5.78 Å². The molecule has 1 saturated carbocycles. The molecule has 154 valence electrons. The van der Waals surface area contributed by atoms with E-state index in [0.29, 0.717) is 0 Å². The molecule has 0 radical (unpaired) electrons. The molecule has 4 atom stereocenters. The molecule has 0 N–H and O–H groups in total. The second-order valence-corrected chi connectivity index (χ2v) is 8.22. The van der Waals surface area contributed by atoms with E-state index in [1.165, 1.54) is 14.2 Å². The van der Waals surface area contributed by atoms with Crippen molar-refractivity contribution >= 4 is 28.9 Å². The van der Waals surface area contributed by atoms with Crippen molar-refractivity contribution in [2.24, 2.45) is 22.7 Å². The molecule has 2 bridgehead atoms. The lowest BCUT2D eigenvalue weighted by molar-refractivity contribution is -0.160. The average Bonchev–Trinajstić information content (AvgIpc) is 3.07. The normalized spacial score (nSPS) is 29.8. The van der Waals surface area contributed by atoms with Crippen LogP contribution in [-0.2, 0) is 23.9 Å². The fraction of sp³-hybridized carbons (Fsp3) is 0.320. The fourth-order valence-electron chi connectivity index (χ4n) is 5.64. The van der Waals surface area contributed by atoms with Crippen molar-refractivity contribution in [3.05, 3.63) is 71.8 Å². The highest BCUT2D eigenvalue weighted by atomic mass is 16.5. The standard InChI is InChI=1S/C25H24O5/c1-24-17(15-11-7-5-8-12-15)18(16-13-9-6-10-14-16)25(2,23(24)28)20(22(27)30-4)19(24)21(26)29-3/h5-14,19-20H,1-4H3/t19-,20-,24+,25+/m1/s1. The quantitative estimate of drug-likeness (QED) is 0.726. The zero-order valence-electron chi connectivity index (χ0n) is 17.5. The average molecular weight is 404 g/mol. The van der Waals surface area contributed by atoms with E-state index in [1.807, 2.05) is 60.7 Å². The maximum absolute atomic E-state index is 14.0. The van der Waals surface area contributed by atoms with Crippen LogP contribution in [0.15, 0.2) is 60.7 Å². The van der Waals surface area contributed by atoms with E-state index in [1.54, 1.807) is 13.8 Å². The number of esters is 2. The third-order valence-electron chi connectivity index (χ3n) is 6.84. The number of carbonyl (C=O) groups excluding carboxylic acids is 3. The second-order valence-electron chi connectivity index (χ2n) is 8.22. The molecule has 0 spiro atoms. The van der Waals surface area contributed by atoms with Gasteiger partial charge in [-0.2, -0.15) is 0 Å². The van der Waals surface area contributed by atoms with E-state index >= 15 is 0 Å². The van der Waals surface area contributed by atoms with Crippen molar-refractivity contribution < 1.29 is 23.9 Å². The van der Waals surface area contributed by atoms with Crippen LogP contribution in [0.2, 0.25) is 0 Å². The van der Waals surface area contributed by atoms with Crippen molar-refractivity contribution in [1.29, 1.82) is 0 Å². The Bertz CT molecular complexity index is 972. The van der Waals surface area contributed by atoms with Crippen LogP contribution >= 0.6 is 0 Å². The van der Waals surface area contributed by atoms with Crippen LogP contribution in [-0.4, -0.2) is 31.9 Å². The fourth-order valence-corrected chi connectivity index (χ4v) is 5.64. The molecule has 2 aromatic rings. The lowest BCUT2D eigenvalue weighted by Crippen LogP contribution is -2.43. The molecule has 0 amide bonds. The molecule has 30 heavy (non-hydrogen) atoms. The summed E-state index contributed by atoms with van der Waals surface area (Å²) >= 11 is 0. The maximum atomic E-state index is 14.0. The van der Waals surface area contributed by atoms with Gasteiger partial charge in [-0.15, -0.1) is 0 Å². The highest BCUT2D eigenvalue weighted by Crippen LogP contribution is 2.71. The first-order valence-electron chi connectivity index (χ1n) is 9.90. The van der Waals surface area contributed by atoms with Crippen LogP contribution in [0.5, 0.6) is 0 Å². The molecule has 5 heteroatoms. The highest BCUT2D eigenvalue weighted by Gasteiger charge is 2.76. The lowest BCUT2D eigenvalue weighted by atomic mass is 9.62. The summed E-state index contributed by atoms with van der Waals surface area (Å²) in [5, 5.41) is 0. The van der Waals surface area contributed by atoms with Gasteiger partial charge in [0, 0.05) is 0 Å². The molecule has 0 unspecified atom stereocenters. The minimum Gasteiger partial charge on any atom is -0.469 e. The second kappa shape index (κ2) is 6.94. The van der Waals surface area contributed by atoms with E-state index in [9.17, 15) is 14.4 Å². The Balaban J connectivity index is 2.12. The van der Waals surface area contributed by atoms with Crippen LogP contribution in [0.1, 0.15) is 25.0 Å². The molecule has 0 saturated heterocycles. The topological polar surface area (TPSA) is 69.7 Å². The predicted octanol–water partition coefficient (Wildman–Crippen LogP) is 3.78. The summed E-state index contributed by atoms with van der Waals surface area (Å²) in [6, 6.07) is 19.1. The van der Waals surface area contributed by atoms with Crippen LogP contribution in [0, 0.1) is 22.7 Å². The minimum atomic E-state index is -1.22. The summed E-state index contributed by atoms with van der Waals surface area (Å²) in [7, 11) is 2.56. The molecule has 0 aromatic heterocycles. The molecule has 1 fully saturated rings. The van der Waals surface area contributed by atoms with Crippen LogP contribution in [0.4, 0.5) is 0 Å². The van der Waals surface area contributed by atoms with Gasteiger partial charge in [-0.3, -0.25) is 14.4 Å². The summed E-state index contributed by atoms with van der Waals surface area (Å²) in [5.74, 6) is -3.24. The maximum Gasteiger partial charge on any atom is 0.310 e.